The normalized spacial score (nSPS) is 14.4. The number of nitrogens with one attached hydrogen (secondary N) is 2. The molecule has 0 aliphatic rings. The second kappa shape index (κ2) is 13.1. The van der Waals surface area contributed by atoms with Crippen LogP contribution in [0.4, 0.5) is 4.79 Å². The fraction of sp³-hybridized carbons (Fsp3) is 0.588. The first-order valence-electron chi connectivity index (χ1n) is 8.51. The first-order valence-corrected chi connectivity index (χ1v) is 11.6. The number of carbonyl (C=O) groups is 1. The van der Waals surface area contributed by atoms with Gasteiger partial charge in [-0.05, 0) is 0 Å². The second-order valence-electron chi connectivity index (χ2n) is 6.21. The van der Waals surface area contributed by atoms with E-state index in [2.05, 4.69) is 48.1 Å². The van der Waals surface area contributed by atoms with E-state index in [1.54, 1.807) is 20.8 Å². The molecular formula is C17H31IN6NiO2. The Hall–Kier alpha value is -1.13. The molecule has 0 bridgehead atoms. The number of alkyl halides is 1. The maximum absolute atomic E-state index is 12.1. The van der Waals surface area contributed by atoms with Gasteiger partial charge in [-0.1, -0.05) is 0 Å². The van der Waals surface area contributed by atoms with Crippen LogP contribution in [0, 0.1) is 0 Å². The summed E-state index contributed by atoms with van der Waals surface area (Å²) in [6.07, 6.45) is 2.63. The molecule has 1 unspecified atom stereocenters. The number of amides is 1. The van der Waals surface area contributed by atoms with E-state index in [1.165, 1.54) is 19.1 Å². The maximum atomic E-state index is 12.1. The van der Waals surface area contributed by atoms with Gasteiger partial charge in [-0.15, -0.1) is 0 Å². The van der Waals surface area contributed by atoms with Crippen molar-refractivity contribution in [1.82, 2.24) is 15.6 Å². The number of hydrogen-bond donors (Lipinski definition) is 3. The molecular weight excluding hydrogens is 506 g/mol. The summed E-state index contributed by atoms with van der Waals surface area (Å²) < 4.78 is 8.11. The zero-order valence-corrected chi connectivity index (χ0v) is 19.9. The van der Waals surface area contributed by atoms with Crippen molar-refractivity contribution in [1.29, 1.82) is 0 Å². The van der Waals surface area contributed by atoms with Gasteiger partial charge in [-0.25, -0.2) is 0 Å². The van der Waals surface area contributed by atoms with Crippen LogP contribution in [0.25, 0.3) is 0 Å². The van der Waals surface area contributed by atoms with Crippen molar-refractivity contribution >= 4 is 47.4 Å². The van der Waals surface area contributed by atoms with Crippen LogP contribution in [0.5, 0.6) is 0 Å². The van der Waals surface area contributed by atoms with E-state index >= 15 is 0 Å². The predicted octanol–water partition coefficient (Wildman–Crippen LogP) is 2.40. The van der Waals surface area contributed by atoms with Gasteiger partial charge in [0.1, 0.15) is 0 Å². The third-order valence-corrected chi connectivity index (χ3v) is 5.88. The molecule has 1 amide bonds. The number of hydrogen-bond acceptors (Lipinski definition) is 5. The van der Waals surface area contributed by atoms with Crippen LogP contribution in [-0.4, -0.2) is 47.7 Å². The van der Waals surface area contributed by atoms with Gasteiger partial charge in [0.2, 0.25) is 0 Å². The van der Waals surface area contributed by atoms with Crippen LogP contribution in [0.1, 0.15) is 48.0 Å². The first-order chi connectivity index (χ1) is 12.6. The van der Waals surface area contributed by atoms with Crippen LogP contribution in [0.15, 0.2) is 22.9 Å². The number of ether oxygens (including phenoxy) is 1. The van der Waals surface area contributed by atoms with Crippen LogP contribution >= 0.6 is 20.7 Å². The summed E-state index contributed by atoms with van der Waals surface area (Å²) in [4.78, 5) is 16.4. The van der Waals surface area contributed by atoms with Crippen molar-refractivity contribution in [3.8, 4) is 0 Å². The molecule has 0 saturated heterocycles. The van der Waals surface area contributed by atoms with Gasteiger partial charge >= 0.3 is 180 Å². The van der Waals surface area contributed by atoms with Crippen LogP contribution in [0.2, 0.25) is 0 Å². The third-order valence-electron chi connectivity index (χ3n) is 2.91. The predicted molar refractivity (Wildman–Crippen MR) is 119 cm³/mol. The Morgan fingerprint density at radius 1 is 1.44 bits per heavy atom. The molecule has 0 aromatic heterocycles. The van der Waals surface area contributed by atoms with Gasteiger partial charge in [-0.2, -0.15) is 0 Å². The van der Waals surface area contributed by atoms with E-state index in [0.717, 1.165) is 12.8 Å². The Morgan fingerprint density at radius 2 is 2.07 bits per heavy atom. The van der Waals surface area contributed by atoms with Crippen molar-refractivity contribution < 1.29 is 24.6 Å². The number of guanidine groups is 1. The SMILES string of the molecule is C=CN(/N=C\N)/C(=N/[C](=[Ni])NC(CC)C(C)=ICC)NC(=O)OC(C)(C)C. The van der Waals surface area contributed by atoms with Gasteiger partial charge in [0, 0.05) is 0 Å². The Morgan fingerprint density at radius 3 is 2.52 bits per heavy atom. The third kappa shape index (κ3) is 11.3. The fourth-order valence-corrected chi connectivity index (χ4v) is 4.44. The molecule has 4 N–H and O–H groups in total. The van der Waals surface area contributed by atoms with E-state index in [-0.39, 0.29) is 37.5 Å². The average molecular weight is 537 g/mol. The average Bonchev–Trinajstić information content (AvgIpc) is 2.55. The van der Waals surface area contributed by atoms with Gasteiger partial charge in [0.15, 0.2) is 0 Å². The van der Waals surface area contributed by atoms with Crippen molar-refractivity contribution in [3.63, 3.8) is 0 Å². The monoisotopic (exact) mass is 536 g/mol. The summed E-state index contributed by atoms with van der Waals surface area (Å²) in [5.74, 6) is 0.0485. The second-order valence-corrected chi connectivity index (χ2v) is 10.7. The molecule has 27 heavy (non-hydrogen) atoms. The summed E-state index contributed by atoms with van der Waals surface area (Å²) in [5.41, 5.74) is 4.70. The Labute approximate surface area is 179 Å². The number of aliphatic imine (C=N–C) groups is 1. The number of alkyl carbamates (subject to hydrolysis) is 1. The molecule has 0 rings (SSSR count). The molecule has 0 radical (unpaired) electrons. The van der Waals surface area contributed by atoms with E-state index in [1.807, 2.05) is 0 Å². The topological polar surface area (TPSA) is 104 Å². The van der Waals surface area contributed by atoms with Crippen molar-refractivity contribution in [2.24, 2.45) is 15.8 Å². The molecule has 8 nitrogen and oxygen atoms in total. The number of carbonyl (C=O) groups excluding carboxylic acids is 1. The molecule has 10 heteroatoms. The molecule has 0 heterocycles. The quantitative estimate of drug-likeness (QED) is 0.110. The summed E-state index contributed by atoms with van der Waals surface area (Å²) in [5, 5.41) is 10.9. The first kappa shape index (κ1) is 25.9. The summed E-state index contributed by atoms with van der Waals surface area (Å²) in [6, 6.07) is 0.156. The minimum atomic E-state index is -0.681. The van der Waals surface area contributed by atoms with E-state index in [9.17, 15) is 4.79 Å². The van der Waals surface area contributed by atoms with Crippen molar-refractivity contribution in [2.45, 2.75) is 59.6 Å². The van der Waals surface area contributed by atoms with Gasteiger partial charge in [0.05, 0.1) is 0 Å². The van der Waals surface area contributed by atoms with E-state index in [4.69, 9.17) is 25.5 Å². The molecule has 0 aliphatic heterocycles. The zero-order chi connectivity index (χ0) is 21.0. The molecule has 0 aromatic rings. The number of halogens is 1. The van der Waals surface area contributed by atoms with Crippen molar-refractivity contribution in [3.05, 3.63) is 12.8 Å². The Balaban J connectivity index is 5.51. The molecule has 0 aliphatic carbocycles. The zero-order valence-electron chi connectivity index (χ0n) is 16.8. The van der Waals surface area contributed by atoms with Gasteiger partial charge in [-0.3, -0.25) is 0 Å². The van der Waals surface area contributed by atoms with Crippen molar-refractivity contribution in [2.75, 3.05) is 4.43 Å². The van der Waals surface area contributed by atoms with Gasteiger partial charge in [0.25, 0.3) is 0 Å². The molecule has 0 fully saturated rings. The molecule has 1 atom stereocenters. The van der Waals surface area contributed by atoms with Gasteiger partial charge < -0.3 is 0 Å². The van der Waals surface area contributed by atoms with Crippen LogP contribution < -0.4 is 16.4 Å². The standard InChI is InChI=1S/C17H31IN6O2.Ni/c1-8-14(13(4)18-9-2)20-12-21-15(24(10-3)22-11-19)23-16(25)26-17(5,6)7;/h10-11,14,20H,3,8-9H2,1-2,4-7H3,(H2,19,22)(H,21,23,25);. The van der Waals surface area contributed by atoms with E-state index < -0.39 is 11.7 Å². The molecule has 0 aromatic carbocycles. The minimum absolute atomic E-state index is 0.00738. The fourth-order valence-electron chi connectivity index (χ4n) is 1.83. The molecule has 0 spiro atoms. The van der Waals surface area contributed by atoms with Crippen LogP contribution in [0.3, 0.4) is 0 Å². The molecule has 158 valence electrons. The van der Waals surface area contributed by atoms with E-state index in [0.29, 0.717) is 0 Å². The number of nitrogens with two attached hydrogens (primary N) is 1. The summed E-state index contributed by atoms with van der Waals surface area (Å²) >= 11 is 5.01. The van der Waals surface area contributed by atoms with Crippen LogP contribution in [-0.2, 0) is 19.8 Å². The Kier molecular flexibility index (Phi) is 12.6. The molecule has 0 saturated carbocycles. The number of hydrazone groups is 1. The number of rotatable bonds is 8. The number of nitrogens with zero attached hydrogens (tertiary/aromatic N) is 3. The Bertz CT molecular complexity index is 613. The summed E-state index contributed by atoms with van der Waals surface area (Å²) in [6.45, 7) is 15.4. The summed E-state index contributed by atoms with van der Waals surface area (Å²) in [7, 11) is 0.